The molecular weight excluding hydrogens is 398 g/mol. The molecule has 1 saturated carbocycles. The van der Waals surface area contributed by atoms with E-state index in [0.717, 1.165) is 47.5 Å². The van der Waals surface area contributed by atoms with E-state index < -0.39 is 0 Å². The lowest BCUT2D eigenvalue weighted by atomic mass is 9.92. The molecule has 3 aromatic rings. The van der Waals surface area contributed by atoms with E-state index in [0.29, 0.717) is 12.4 Å². The lowest BCUT2D eigenvalue weighted by molar-refractivity contribution is -0.125. The number of hydrogen-bond donors (Lipinski definition) is 1. The fourth-order valence-electron chi connectivity index (χ4n) is 5.73. The zero-order valence-corrected chi connectivity index (χ0v) is 18.8. The number of nitrogen functional groups attached to an aromatic ring is 1. The predicted molar refractivity (Wildman–Crippen MR) is 128 cm³/mol. The van der Waals surface area contributed by atoms with Crippen molar-refractivity contribution < 1.29 is 4.79 Å². The SMILES string of the molecule is C=CC(=O)N1CCC(c2c(-c3ccc(CC4CCCC4)cc3)c3c(N)ncnc3n2C)C1. The quantitative estimate of drug-likeness (QED) is 0.608. The third-order valence-corrected chi connectivity index (χ3v) is 7.34. The van der Waals surface area contributed by atoms with Crippen LogP contribution in [0.4, 0.5) is 5.82 Å². The second-order valence-electron chi connectivity index (χ2n) is 9.30. The number of rotatable bonds is 5. The molecule has 1 amide bonds. The maximum atomic E-state index is 12.2. The molecular formula is C26H31N5O. The number of carbonyl (C=O) groups is 1. The smallest absolute Gasteiger partial charge is 0.245 e. The van der Waals surface area contributed by atoms with Gasteiger partial charge in [0.05, 0.1) is 5.39 Å². The van der Waals surface area contributed by atoms with E-state index in [-0.39, 0.29) is 11.8 Å². The summed E-state index contributed by atoms with van der Waals surface area (Å²) < 4.78 is 2.14. The zero-order chi connectivity index (χ0) is 22.2. The molecule has 6 heteroatoms. The molecule has 32 heavy (non-hydrogen) atoms. The normalized spacial score (nSPS) is 19.2. The third-order valence-electron chi connectivity index (χ3n) is 7.34. The van der Waals surface area contributed by atoms with Gasteiger partial charge in [-0.3, -0.25) is 4.79 Å². The predicted octanol–water partition coefficient (Wildman–Crippen LogP) is 4.45. The van der Waals surface area contributed by atoms with E-state index in [1.165, 1.54) is 49.3 Å². The van der Waals surface area contributed by atoms with Crippen molar-refractivity contribution in [3.05, 3.63) is 54.5 Å². The first-order chi connectivity index (χ1) is 15.6. The Morgan fingerprint density at radius 1 is 1.19 bits per heavy atom. The maximum Gasteiger partial charge on any atom is 0.245 e. The first-order valence-electron chi connectivity index (χ1n) is 11.7. The van der Waals surface area contributed by atoms with E-state index in [9.17, 15) is 4.79 Å². The highest BCUT2D eigenvalue weighted by Gasteiger charge is 2.32. The van der Waals surface area contributed by atoms with Gasteiger partial charge in [-0.1, -0.05) is 56.5 Å². The topological polar surface area (TPSA) is 77.0 Å². The Labute approximate surface area is 189 Å². The van der Waals surface area contributed by atoms with Gasteiger partial charge in [0.15, 0.2) is 0 Å². The number of anilines is 1. The minimum Gasteiger partial charge on any atom is -0.383 e. The van der Waals surface area contributed by atoms with E-state index in [1.54, 1.807) is 0 Å². The second-order valence-corrected chi connectivity index (χ2v) is 9.30. The lowest BCUT2D eigenvalue weighted by Gasteiger charge is -2.17. The van der Waals surface area contributed by atoms with Crippen molar-refractivity contribution >= 4 is 22.8 Å². The fourth-order valence-corrected chi connectivity index (χ4v) is 5.73. The molecule has 3 heterocycles. The highest BCUT2D eigenvalue weighted by molar-refractivity contribution is 6.02. The minimum atomic E-state index is -0.0108. The Hall–Kier alpha value is -3.15. The summed E-state index contributed by atoms with van der Waals surface area (Å²) in [7, 11) is 2.04. The fraction of sp³-hybridized carbons (Fsp3) is 0.423. The van der Waals surface area contributed by atoms with Crippen molar-refractivity contribution in [1.82, 2.24) is 19.4 Å². The molecule has 2 fully saturated rings. The van der Waals surface area contributed by atoms with Crippen LogP contribution in [0.1, 0.15) is 49.3 Å². The number of likely N-dealkylation sites (tertiary alicyclic amines) is 1. The largest absolute Gasteiger partial charge is 0.383 e. The Balaban J connectivity index is 1.56. The number of benzene rings is 1. The number of amides is 1. The molecule has 166 valence electrons. The minimum absolute atomic E-state index is 0.0108. The average Bonchev–Trinajstić information content (AvgIpc) is 3.54. The summed E-state index contributed by atoms with van der Waals surface area (Å²) in [6, 6.07) is 8.96. The van der Waals surface area contributed by atoms with E-state index in [4.69, 9.17) is 5.73 Å². The van der Waals surface area contributed by atoms with Gasteiger partial charge in [-0.25, -0.2) is 9.97 Å². The van der Waals surface area contributed by atoms with Crippen molar-refractivity contribution in [2.75, 3.05) is 18.8 Å². The van der Waals surface area contributed by atoms with Gasteiger partial charge in [0, 0.05) is 37.3 Å². The molecule has 1 aliphatic carbocycles. The van der Waals surface area contributed by atoms with Crippen LogP contribution in [0.3, 0.4) is 0 Å². The van der Waals surface area contributed by atoms with Crippen LogP contribution in [0, 0.1) is 5.92 Å². The van der Waals surface area contributed by atoms with Gasteiger partial charge in [0.2, 0.25) is 5.91 Å². The monoisotopic (exact) mass is 429 g/mol. The van der Waals surface area contributed by atoms with Gasteiger partial charge in [-0.15, -0.1) is 0 Å². The summed E-state index contributed by atoms with van der Waals surface area (Å²) in [5.41, 5.74) is 12.0. The molecule has 0 bridgehead atoms. The number of carbonyl (C=O) groups excluding carboxylic acids is 1. The first-order valence-corrected chi connectivity index (χ1v) is 11.7. The van der Waals surface area contributed by atoms with Crippen molar-refractivity contribution in [3.63, 3.8) is 0 Å². The van der Waals surface area contributed by atoms with Gasteiger partial charge in [-0.2, -0.15) is 0 Å². The third kappa shape index (κ3) is 3.57. The number of fused-ring (bicyclic) bond motifs is 1. The van der Waals surface area contributed by atoms with Crippen molar-refractivity contribution in [2.24, 2.45) is 13.0 Å². The summed E-state index contributed by atoms with van der Waals surface area (Å²) in [4.78, 5) is 22.9. The van der Waals surface area contributed by atoms with Gasteiger partial charge in [0.25, 0.3) is 0 Å². The Kier molecular flexibility index (Phi) is 5.45. The summed E-state index contributed by atoms with van der Waals surface area (Å²) in [6.07, 6.45) is 10.4. The summed E-state index contributed by atoms with van der Waals surface area (Å²) in [6.45, 7) is 5.06. The molecule has 0 radical (unpaired) electrons. The van der Waals surface area contributed by atoms with Crippen molar-refractivity contribution in [1.29, 1.82) is 0 Å². The molecule has 2 aromatic heterocycles. The molecule has 1 aromatic carbocycles. The van der Waals surface area contributed by atoms with Crippen LogP contribution in [-0.4, -0.2) is 38.4 Å². The summed E-state index contributed by atoms with van der Waals surface area (Å²) in [5, 5.41) is 0.905. The number of nitrogens with two attached hydrogens (primary N) is 1. The van der Waals surface area contributed by atoms with Gasteiger partial charge in [-0.05, 0) is 36.0 Å². The number of aryl methyl sites for hydroxylation is 1. The summed E-state index contributed by atoms with van der Waals surface area (Å²) in [5.74, 6) is 1.53. The standard InChI is InChI=1S/C26H31N5O/c1-3-21(32)31-13-12-20(15-31)24-22(23-25(27)28-16-29-26(23)30(24)2)19-10-8-18(9-11-19)14-17-6-4-5-7-17/h3,8-11,16-17,20H,1,4-7,12-15H2,2H3,(H2,27,28,29). The number of hydrogen-bond acceptors (Lipinski definition) is 4. The van der Waals surface area contributed by atoms with E-state index >= 15 is 0 Å². The second kappa shape index (κ2) is 8.41. The highest BCUT2D eigenvalue weighted by atomic mass is 16.2. The van der Waals surface area contributed by atoms with Gasteiger partial charge in [0.1, 0.15) is 17.8 Å². The number of nitrogens with zero attached hydrogens (tertiary/aromatic N) is 4. The van der Waals surface area contributed by atoms with Crippen LogP contribution in [0.5, 0.6) is 0 Å². The van der Waals surface area contributed by atoms with Crippen LogP contribution >= 0.6 is 0 Å². The molecule has 1 atom stereocenters. The average molecular weight is 430 g/mol. The Morgan fingerprint density at radius 3 is 2.66 bits per heavy atom. The molecule has 1 unspecified atom stereocenters. The van der Waals surface area contributed by atoms with Gasteiger partial charge < -0.3 is 15.2 Å². The van der Waals surface area contributed by atoms with E-state index in [1.807, 2.05) is 11.9 Å². The van der Waals surface area contributed by atoms with Crippen molar-refractivity contribution in [2.45, 2.75) is 44.4 Å². The molecule has 1 aliphatic heterocycles. The van der Waals surface area contributed by atoms with Crippen LogP contribution < -0.4 is 5.73 Å². The summed E-state index contributed by atoms with van der Waals surface area (Å²) >= 11 is 0. The van der Waals surface area contributed by atoms with E-state index in [2.05, 4.69) is 45.4 Å². The van der Waals surface area contributed by atoms with Gasteiger partial charge >= 0.3 is 0 Å². The number of aromatic nitrogens is 3. The molecule has 5 rings (SSSR count). The molecule has 1 saturated heterocycles. The molecule has 2 N–H and O–H groups in total. The maximum absolute atomic E-state index is 12.2. The zero-order valence-electron chi connectivity index (χ0n) is 18.8. The van der Waals surface area contributed by atoms with Crippen LogP contribution in [0.15, 0.2) is 43.2 Å². The van der Waals surface area contributed by atoms with Crippen LogP contribution in [0.2, 0.25) is 0 Å². The first kappa shape index (κ1) is 20.7. The Bertz CT molecular complexity index is 1160. The Morgan fingerprint density at radius 2 is 1.94 bits per heavy atom. The molecule has 0 spiro atoms. The van der Waals surface area contributed by atoms with Crippen LogP contribution in [-0.2, 0) is 18.3 Å². The van der Waals surface area contributed by atoms with Crippen LogP contribution in [0.25, 0.3) is 22.2 Å². The highest BCUT2D eigenvalue weighted by Crippen LogP contribution is 2.42. The molecule has 6 nitrogen and oxygen atoms in total. The lowest BCUT2D eigenvalue weighted by Crippen LogP contribution is -2.26. The molecule has 2 aliphatic rings. The van der Waals surface area contributed by atoms with Crippen molar-refractivity contribution in [3.8, 4) is 11.1 Å².